The molecule has 0 aliphatic carbocycles. The minimum absolute atomic E-state index is 0.114. The molecule has 0 spiro atoms. The first-order valence-electron chi connectivity index (χ1n) is 6.52. The Hall–Kier alpha value is -1.02. The van der Waals surface area contributed by atoms with Crippen molar-refractivity contribution >= 4 is 10.0 Å². The van der Waals surface area contributed by atoms with Gasteiger partial charge in [-0.1, -0.05) is 0 Å². The van der Waals surface area contributed by atoms with E-state index in [-0.39, 0.29) is 4.90 Å². The van der Waals surface area contributed by atoms with Gasteiger partial charge in [0.1, 0.15) is 5.82 Å². The number of likely N-dealkylation sites (N-methyl/N-ethyl adjacent to an activating group) is 1. The van der Waals surface area contributed by atoms with Crippen LogP contribution in [0, 0.1) is 5.82 Å². The van der Waals surface area contributed by atoms with Gasteiger partial charge in [-0.3, -0.25) is 4.90 Å². The van der Waals surface area contributed by atoms with E-state index < -0.39 is 15.8 Å². The molecular formula is C13H19FN2O3S. The molecule has 2 rings (SSSR count). The van der Waals surface area contributed by atoms with Crippen molar-refractivity contribution in [1.82, 2.24) is 9.21 Å². The van der Waals surface area contributed by atoms with Gasteiger partial charge in [0, 0.05) is 33.2 Å². The molecule has 0 aromatic heterocycles. The lowest BCUT2D eigenvalue weighted by Gasteiger charge is -2.28. The Labute approximate surface area is 119 Å². The molecule has 0 radical (unpaired) electrons. The average molecular weight is 302 g/mol. The van der Waals surface area contributed by atoms with Crippen LogP contribution in [0.1, 0.15) is 0 Å². The number of ether oxygens (including phenoxy) is 1. The molecule has 1 aliphatic heterocycles. The van der Waals surface area contributed by atoms with Crippen molar-refractivity contribution < 1.29 is 17.5 Å². The summed E-state index contributed by atoms with van der Waals surface area (Å²) in [7, 11) is -2.01. The van der Waals surface area contributed by atoms with Crippen LogP contribution in [0.4, 0.5) is 4.39 Å². The molecule has 20 heavy (non-hydrogen) atoms. The van der Waals surface area contributed by atoms with Gasteiger partial charge in [0.15, 0.2) is 0 Å². The molecule has 0 amide bonds. The van der Waals surface area contributed by atoms with E-state index in [0.717, 1.165) is 25.2 Å². The Morgan fingerprint density at radius 1 is 1.25 bits per heavy atom. The van der Waals surface area contributed by atoms with Gasteiger partial charge in [0.05, 0.1) is 18.1 Å². The zero-order chi connectivity index (χ0) is 14.6. The summed E-state index contributed by atoms with van der Waals surface area (Å²) in [5.74, 6) is -0.445. The van der Waals surface area contributed by atoms with Gasteiger partial charge >= 0.3 is 0 Å². The first kappa shape index (κ1) is 15.4. The zero-order valence-electron chi connectivity index (χ0n) is 11.5. The van der Waals surface area contributed by atoms with Crippen LogP contribution < -0.4 is 0 Å². The summed E-state index contributed by atoms with van der Waals surface area (Å²) < 4.78 is 43.9. The van der Waals surface area contributed by atoms with Crippen molar-refractivity contribution in [2.45, 2.75) is 4.90 Å². The van der Waals surface area contributed by atoms with E-state index in [0.29, 0.717) is 26.3 Å². The van der Waals surface area contributed by atoms with Gasteiger partial charge in [-0.2, -0.15) is 4.31 Å². The van der Waals surface area contributed by atoms with Crippen LogP contribution in [0.2, 0.25) is 0 Å². The van der Waals surface area contributed by atoms with Crippen molar-refractivity contribution in [2.24, 2.45) is 0 Å². The average Bonchev–Trinajstić information content (AvgIpc) is 2.46. The molecule has 1 fully saturated rings. The molecule has 1 aromatic carbocycles. The van der Waals surface area contributed by atoms with E-state index in [1.165, 1.54) is 16.4 Å². The molecule has 5 nitrogen and oxygen atoms in total. The number of morpholine rings is 1. The third kappa shape index (κ3) is 3.76. The fourth-order valence-electron chi connectivity index (χ4n) is 2.01. The van der Waals surface area contributed by atoms with Gasteiger partial charge in [-0.05, 0) is 24.3 Å². The molecule has 1 saturated heterocycles. The van der Waals surface area contributed by atoms with Crippen LogP contribution in [-0.2, 0) is 14.8 Å². The molecule has 1 aromatic rings. The van der Waals surface area contributed by atoms with Gasteiger partial charge in [-0.25, -0.2) is 12.8 Å². The van der Waals surface area contributed by atoms with Gasteiger partial charge in [-0.15, -0.1) is 0 Å². The molecule has 0 saturated carbocycles. The number of halogens is 1. The van der Waals surface area contributed by atoms with E-state index in [2.05, 4.69) is 4.90 Å². The lowest BCUT2D eigenvalue weighted by atomic mass is 10.4. The van der Waals surface area contributed by atoms with Crippen molar-refractivity contribution in [3.8, 4) is 0 Å². The van der Waals surface area contributed by atoms with Crippen LogP contribution in [0.5, 0.6) is 0 Å². The summed E-state index contributed by atoms with van der Waals surface area (Å²) in [5, 5.41) is 0. The van der Waals surface area contributed by atoms with Crippen molar-refractivity contribution in [3.05, 3.63) is 30.1 Å². The lowest BCUT2D eigenvalue weighted by molar-refractivity contribution is 0.0368. The van der Waals surface area contributed by atoms with Gasteiger partial charge in [0.2, 0.25) is 10.0 Å². The highest BCUT2D eigenvalue weighted by atomic mass is 32.2. The van der Waals surface area contributed by atoms with Crippen molar-refractivity contribution in [3.63, 3.8) is 0 Å². The molecule has 0 N–H and O–H groups in total. The predicted molar refractivity (Wildman–Crippen MR) is 73.5 cm³/mol. The van der Waals surface area contributed by atoms with Crippen molar-refractivity contribution in [2.75, 3.05) is 46.4 Å². The Bertz CT molecular complexity index is 527. The van der Waals surface area contributed by atoms with E-state index in [1.54, 1.807) is 7.05 Å². The topological polar surface area (TPSA) is 49.9 Å². The number of benzene rings is 1. The Kier molecular flexibility index (Phi) is 5.09. The zero-order valence-corrected chi connectivity index (χ0v) is 12.3. The summed E-state index contributed by atoms with van der Waals surface area (Å²) in [6.07, 6.45) is 0. The molecule has 112 valence electrons. The molecule has 0 unspecified atom stereocenters. The number of hydrogen-bond acceptors (Lipinski definition) is 4. The number of sulfonamides is 1. The highest BCUT2D eigenvalue weighted by molar-refractivity contribution is 7.89. The lowest BCUT2D eigenvalue weighted by Crippen LogP contribution is -2.41. The van der Waals surface area contributed by atoms with Crippen LogP contribution >= 0.6 is 0 Å². The Morgan fingerprint density at radius 3 is 2.45 bits per heavy atom. The molecule has 1 aliphatic rings. The molecule has 7 heteroatoms. The van der Waals surface area contributed by atoms with Crippen LogP contribution in [0.25, 0.3) is 0 Å². The summed E-state index contributed by atoms with van der Waals surface area (Å²) >= 11 is 0. The van der Waals surface area contributed by atoms with E-state index in [1.807, 2.05) is 0 Å². The van der Waals surface area contributed by atoms with Crippen LogP contribution in [0.3, 0.4) is 0 Å². The van der Waals surface area contributed by atoms with Crippen molar-refractivity contribution in [1.29, 1.82) is 0 Å². The number of rotatable bonds is 5. The third-order valence-corrected chi connectivity index (χ3v) is 5.23. The SMILES string of the molecule is CN(CCN1CCOCC1)S(=O)(=O)c1ccc(F)cc1. The predicted octanol–water partition coefficient (Wildman–Crippen LogP) is 0.778. The minimum atomic E-state index is -3.55. The number of hydrogen-bond donors (Lipinski definition) is 0. The van der Waals surface area contributed by atoms with E-state index >= 15 is 0 Å². The minimum Gasteiger partial charge on any atom is -0.379 e. The normalized spacial score (nSPS) is 17.6. The summed E-state index contributed by atoms with van der Waals surface area (Å²) in [4.78, 5) is 2.28. The Morgan fingerprint density at radius 2 is 1.85 bits per heavy atom. The monoisotopic (exact) mass is 302 g/mol. The van der Waals surface area contributed by atoms with Gasteiger partial charge < -0.3 is 4.74 Å². The highest BCUT2D eigenvalue weighted by Crippen LogP contribution is 2.14. The standard InChI is InChI=1S/C13H19FN2O3S/c1-15(6-7-16-8-10-19-11-9-16)20(17,18)13-4-2-12(14)3-5-13/h2-5H,6-11H2,1H3. The largest absolute Gasteiger partial charge is 0.379 e. The van der Waals surface area contributed by atoms with E-state index in [9.17, 15) is 12.8 Å². The summed E-state index contributed by atoms with van der Waals surface area (Å²) in [6, 6.07) is 4.89. The highest BCUT2D eigenvalue weighted by Gasteiger charge is 2.21. The second-order valence-electron chi connectivity index (χ2n) is 4.73. The third-order valence-electron chi connectivity index (χ3n) is 3.36. The maximum absolute atomic E-state index is 12.8. The first-order chi connectivity index (χ1) is 9.50. The fourth-order valence-corrected chi connectivity index (χ4v) is 3.18. The molecule has 1 heterocycles. The first-order valence-corrected chi connectivity index (χ1v) is 7.96. The quantitative estimate of drug-likeness (QED) is 0.806. The van der Waals surface area contributed by atoms with E-state index in [4.69, 9.17) is 4.74 Å². The Balaban J connectivity index is 1.96. The van der Waals surface area contributed by atoms with Gasteiger partial charge in [0.25, 0.3) is 0 Å². The molecule has 0 atom stereocenters. The maximum Gasteiger partial charge on any atom is 0.242 e. The van der Waals surface area contributed by atoms with Crippen LogP contribution in [0.15, 0.2) is 29.2 Å². The summed E-state index contributed by atoms with van der Waals surface area (Å²) in [6.45, 7) is 4.09. The fraction of sp³-hybridized carbons (Fsp3) is 0.538. The molecular weight excluding hydrogens is 283 g/mol. The summed E-state index contributed by atoms with van der Waals surface area (Å²) in [5.41, 5.74) is 0. The number of nitrogens with zero attached hydrogens (tertiary/aromatic N) is 2. The maximum atomic E-state index is 12.8. The van der Waals surface area contributed by atoms with Crippen LogP contribution in [-0.4, -0.2) is 64.1 Å². The second kappa shape index (κ2) is 6.62. The smallest absolute Gasteiger partial charge is 0.242 e. The second-order valence-corrected chi connectivity index (χ2v) is 6.78. The molecule has 0 bridgehead atoms.